The Labute approximate surface area is 178 Å². The number of amides is 4. The molecule has 2 aromatic carbocycles. The molecule has 1 fully saturated rings. The average Bonchev–Trinajstić information content (AvgIpc) is 2.70. The molecule has 3 rings (SSSR count). The van der Waals surface area contributed by atoms with Crippen LogP contribution in [0.2, 0.25) is 5.02 Å². The van der Waals surface area contributed by atoms with Gasteiger partial charge >= 0.3 is 6.03 Å². The molecule has 1 aliphatic heterocycles. The number of rotatable bonds is 5. The molecule has 2 N–H and O–H groups in total. The van der Waals surface area contributed by atoms with E-state index in [4.69, 9.17) is 16.3 Å². The topological polar surface area (TPSA) is 95.9 Å². The number of nitrogens with one attached hydrogen (secondary N) is 1. The van der Waals surface area contributed by atoms with Crippen LogP contribution >= 0.6 is 11.6 Å². The summed E-state index contributed by atoms with van der Waals surface area (Å²) in [6.07, 6.45) is 3.30. The van der Waals surface area contributed by atoms with Crippen LogP contribution < -0.4 is 15.0 Å². The van der Waals surface area contributed by atoms with Crippen LogP contribution in [0.3, 0.4) is 0 Å². The standard InChI is InChI=1S/C22H19ClN2O5/c1-4-6-14-9-13(11-18(30-3)19(14)26)10-15-20(27)24-22(29)25(21(15)28)17-8-5-7-16(23)12(17)2/h4-5,7-11,26H,1,6H2,2-3H3,(H,24,27,29)/b15-10+. The molecule has 0 spiro atoms. The zero-order chi connectivity index (χ0) is 22.0. The van der Waals surface area contributed by atoms with E-state index in [2.05, 4.69) is 11.9 Å². The molecule has 7 nitrogen and oxygen atoms in total. The number of ether oxygens (including phenoxy) is 1. The maximum atomic E-state index is 13.1. The molecule has 0 saturated carbocycles. The summed E-state index contributed by atoms with van der Waals surface area (Å²) in [5.74, 6) is -1.47. The van der Waals surface area contributed by atoms with Crippen LogP contribution in [-0.4, -0.2) is 30.1 Å². The number of halogens is 1. The van der Waals surface area contributed by atoms with Crippen molar-refractivity contribution in [2.24, 2.45) is 0 Å². The molecule has 154 valence electrons. The summed E-state index contributed by atoms with van der Waals surface area (Å²) in [6.45, 7) is 5.32. The van der Waals surface area contributed by atoms with Crippen molar-refractivity contribution in [1.82, 2.24) is 5.32 Å². The van der Waals surface area contributed by atoms with E-state index in [1.807, 2.05) is 0 Å². The molecule has 0 radical (unpaired) electrons. The zero-order valence-corrected chi connectivity index (χ0v) is 17.1. The molecule has 8 heteroatoms. The van der Waals surface area contributed by atoms with Gasteiger partial charge in [-0.15, -0.1) is 6.58 Å². The third kappa shape index (κ3) is 3.79. The second-order valence-corrected chi connectivity index (χ2v) is 6.97. The minimum absolute atomic E-state index is 0.0506. The van der Waals surface area contributed by atoms with Crippen LogP contribution in [0.5, 0.6) is 11.5 Å². The van der Waals surface area contributed by atoms with Crippen molar-refractivity contribution < 1.29 is 24.2 Å². The quantitative estimate of drug-likeness (QED) is 0.431. The lowest BCUT2D eigenvalue weighted by Gasteiger charge is -2.27. The summed E-state index contributed by atoms with van der Waals surface area (Å²) >= 11 is 6.12. The van der Waals surface area contributed by atoms with Crippen molar-refractivity contribution in [2.75, 3.05) is 12.0 Å². The first-order valence-corrected chi connectivity index (χ1v) is 9.33. The Hall–Kier alpha value is -3.58. The van der Waals surface area contributed by atoms with Crippen LogP contribution in [-0.2, 0) is 16.0 Å². The summed E-state index contributed by atoms with van der Waals surface area (Å²) < 4.78 is 5.17. The van der Waals surface area contributed by atoms with Gasteiger partial charge in [-0.25, -0.2) is 9.69 Å². The molecule has 0 unspecified atom stereocenters. The Bertz CT molecular complexity index is 1110. The van der Waals surface area contributed by atoms with Gasteiger partial charge in [0.25, 0.3) is 11.8 Å². The van der Waals surface area contributed by atoms with Crippen molar-refractivity contribution >= 4 is 41.2 Å². The van der Waals surface area contributed by atoms with Gasteiger partial charge in [-0.2, -0.15) is 0 Å². The molecule has 0 aliphatic carbocycles. The lowest BCUT2D eigenvalue weighted by molar-refractivity contribution is -0.122. The molecule has 30 heavy (non-hydrogen) atoms. The summed E-state index contributed by atoms with van der Waals surface area (Å²) in [5.41, 5.74) is 1.51. The predicted octanol–water partition coefficient (Wildman–Crippen LogP) is 3.76. The predicted molar refractivity (Wildman–Crippen MR) is 114 cm³/mol. The van der Waals surface area contributed by atoms with Gasteiger partial charge in [0.1, 0.15) is 5.57 Å². The summed E-state index contributed by atoms with van der Waals surface area (Å²) in [6, 6.07) is 7.05. The molecule has 1 aliphatic rings. The number of hydrogen-bond donors (Lipinski definition) is 2. The molecule has 0 bridgehead atoms. The van der Waals surface area contributed by atoms with Crippen molar-refractivity contribution in [3.8, 4) is 11.5 Å². The number of carbonyl (C=O) groups excluding carboxylic acids is 3. The highest BCUT2D eigenvalue weighted by Gasteiger charge is 2.37. The smallest absolute Gasteiger partial charge is 0.335 e. The van der Waals surface area contributed by atoms with Crippen molar-refractivity contribution in [2.45, 2.75) is 13.3 Å². The van der Waals surface area contributed by atoms with Gasteiger partial charge < -0.3 is 9.84 Å². The first-order chi connectivity index (χ1) is 14.3. The Kier molecular flexibility index (Phi) is 5.94. The first kappa shape index (κ1) is 21.1. The minimum atomic E-state index is -0.858. The largest absolute Gasteiger partial charge is 0.504 e. The van der Waals surface area contributed by atoms with Crippen molar-refractivity contribution in [3.63, 3.8) is 0 Å². The molecular formula is C22H19ClN2O5. The summed E-state index contributed by atoms with van der Waals surface area (Å²) in [5, 5.41) is 12.8. The summed E-state index contributed by atoms with van der Waals surface area (Å²) in [7, 11) is 1.39. The van der Waals surface area contributed by atoms with Gasteiger partial charge in [-0.1, -0.05) is 23.7 Å². The highest BCUT2D eigenvalue weighted by molar-refractivity contribution is 6.39. The number of hydrogen-bond acceptors (Lipinski definition) is 5. The number of phenolic OH excluding ortho intramolecular Hbond substituents is 1. The molecule has 4 amide bonds. The van der Waals surface area contributed by atoms with Gasteiger partial charge in [0, 0.05) is 10.6 Å². The molecule has 1 heterocycles. The van der Waals surface area contributed by atoms with Crippen LogP contribution in [0.25, 0.3) is 6.08 Å². The Morgan fingerprint density at radius 3 is 2.67 bits per heavy atom. The number of carbonyl (C=O) groups is 3. The Balaban J connectivity index is 2.10. The first-order valence-electron chi connectivity index (χ1n) is 8.95. The molecule has 1 saturated heterocycles. The SMILES string of the molecule is C=CCc1cc(/C=C2\C(=O)NC(=O)N(c3cccc(Cl)c3C)C2=O)cc(OC)c1O. The van der Waals surface area contributed by atoms with Crippen molar-refractivity contribution in [1.29, 1.82) is 0 Å². The fourth-order valence-electron chi connectivity index (χ4n) is 3.12. The fourth-order valence-corrected chi connectivity index (χ4v) is 3.29. The minimum Gasteiger partial charge on any atom is -0.504 e. The number of anilines is 1. The zero-order valence-electron chi connectivity index (χ0n) is 16.4. The molecule has 2 aromatic rings. The molecule has 0 aromatic heterocycles. The number of urea groups is 1. The number of nitrogens with zero attached hydrogens (tertiary/aromatic N) is 1. The lowest BCUT2D eigenvalue weighted by atomic mass is 10.0. The second kappa shape index (κ2) is 8.42. The average molecular weight is 427 g/mol. The number of aromatic hydroxyl groups is 1. The number of benzene rings is 2. The maximum absolute atomic E-state index is 13.1. The van der Waals surface area contributed by atoms with Gasteiger partial charge in [-0.3, -0.25) is 14.9 Å². The summed E-state index contributed by atoms with van der Waals surface area (Å²) in [4.78, 5) is 38.8. The van der Waals surface area contributed by atoms with Gasteiger partial charge in [0.2, 0.25) is 0 Å². The van der Waals surface area contributed by atoms with Gasteiger partial charge in [-0.05, 0) is 54.8 Å². The molecular weight excluding hydrogens is 408 g/mol. The van der Waals surface area contributed by atoms with E-state index in [1.165, 1.54) is 19.3 Å². The third-order valence-corrected chi connectivity index (χ3v) is 5.06. The van der Waals surface area contributed by atoms with E-state index >= 15 is 0 Å². The number of imide groups is 2. The second-order valence-electron chi connectivity index (χ2n) is 6.57. The number of allylic oxidation sites excluding steroid dienone is 1. The monoisotopic (exact) mass is 426 g/mol. The van der Waals surface area contributed by atoms with Crippen LogP contribution in [0, 0.1) is 6.92 Å². The van der Waals surface area contributed by atoms with E-state index in [0.717, 1.165) is 4.90 Å². The lowest BCUT2D eigenvalue weighted by Crippen LogP contribution is -2.54. The van der Waals surface area contributed by atoms with E-state index in [1.54, 1.807) is 37.3 Å². The van der Waals surface area contributed by atoms with E-state index in [9.17, 15) is 19.5 Å². The third-order valence-electron chi connectivity index (χ3n) is 4.65. The number of barbiturate groups is 1. The van der Waals surface area contributed by atoms with Crippen molar-refractivity contribution in [3.05, 3.63) is 70.3 Å². The number of methoxy groups -OCH3 is 1. The fraction of sp³-hybridized carbons (Fsp3) is 0.136. The van der Waals surface area contributed by atoms with Gasteiger partial charge in [0.05, 0.1) is 12.8 Å². The van der Waals surface area contributed by atoms with Crippen LogP contribution in [0.1, 0.15) is 16.7 Å². The normalized spacial score (nSPS) is 15.4. The Morgan fingerprint density at radius 1 is 1.27 bits per heavy atom. The molecule has 0 atom stereocenters. The van der Waals surface area contributed by atoms with E-state index in [0.29, 0.717) is 28.1 Å². The van der Waals surface area contributed by atoms with E-state index in [-0.39, 0.29) is 22.8 Å². The highest BCUT2D eigenvalue weighted by Crippen LogP contribution is 2.34. The van der Waals surface area contributed by atoms with E-state index < -0.39 is 17.8 Å². The van der Waals surface area contributed by atoms with Crippen LogP contribution in [0.15, 0.2) is 48.6 Å². The number of phenols is 1. The van der Waals surface area contributed by atoms with Gasteiger partial charge in [0.15, 0.2) is 11.5 Å². The highest BCUT2D eigenvalue weighted by atomic mass is 35.5. The van der Waals surface area contributed by atoms with Crippen LogP contribution in [0.4, 0.5) is 10.5 Å². The maximum Gasteiger partial charge on any atom is 0.335 e. The Morgan fingerprint density at radius 2 is 2.00 bits per heavy atom.